The highest BCUT2D eigenvalue weighted by atomic mass is 32.1. The van der Waals surface area contributed by atoms with Crippen LogP contribution in [0, 0.1) is 0 Å². The van der Waals surface area contributed by atoms with Gasteiger partial charge in [0, 0.05) is 25.2 Å². The number of hydrogen-bond donors (Lipinski definition) is 1. The van der Waals surface area contributed by atoms with Crippen LogP contribution in [-0.2, 0) is 13.0 Å². The lowest BCUT2D eigenvalue weighted by molar-refractivity contribution is 0.548. The van der Waals surface area contributed by atoms with E-state index in [9.17, 15) is 0 Å². The minimum atomic E-state index is -0.103. The van der Waals surface area contributed by atoms with Crippen LogP contribution in [0.5, 0.6) is 0 Å². The van der Waals surface area contributed by atoms with E-state index in [1.165, 1.54) is 4.70 Å². The van der Waals surface area contributed by atoms with Crippen LogP contribution in [0.15, 0.2) is 30.0 Å². The highest BCUT2D eigenvalue weighted by molar-refractivity contribution is 7.17. The zero-order valence-corrected chi connectivity index (χ0v) is 12.2. The summed E-state index contributed by atoms with van der Waals surface area (Å²) in [6.07, 6.45) is 5.17. The third-order valence-corrected chi connectivity index (χ3v) is 4.14. The highest BCUT2D eigenvalue weighted by Crippen LogP contribution is 2.23. The van der Waals surface area contributed by atoms with Gasteiger partial charge in [-0.25, -0.2) is 4.98 Å². The monoisotopic (exact) mass is 287 g/mol. The van der Waals surface area contributed by atoms with Crippen molar-refractivity contribution in [1.82, 2.24) is 19.7 Å². The lowest BCUT2D eigenvalue weighted by Gasteiger charge is -2.12. The van der Waals surface area contributed by atoms with Gasteiger partial charge in [-0.3, -0.25) is 9.67 Å². The first-order valence-corrected chi connectivity index (χ1v) is 7.61. The predicted molar refractivity (Wildman–Crippen MR) is 80.6 cm³/mol. The Morgan fingerprint density at radius 2 is 2.30 bits per heavy atom. The number of nitrogens with zero attached hydrogens (tertiary/aromatic N) is 4. The summed E-state index contributed by atoms with van der Waals surface area (Å²) < 4.78 is 3.10. The topological polar surface area (TPSA) is 69.6 Å². The third kappa shape index (κ3) is 2.57. The van der Waals surface area contributed by atoms with E-state index in [1.54, 1.807) is 17.7 Å². The highest BCUT2D eigenvalue weighted by Gasteiger charge is 2.13. The van der Waals surface area contributed by atoms with Crippen molar-refractivity contribution in [3.8, 4) is 0 Å². The summed E-state index contributed by atoms with van der Waals surface area (Å²) in [5, 5.41) is 6.28. The van der Waals surface area contributed by atoms with Gasteiger partial charge in [-0.15, -0.1) is 11.3 Å². The second-order valence-electron chi connectivity index (χ2n) is 4.78. The quantitative estimate of drug-likeness (QED) is 0.783. The van der Waals surface area contributed by atoms with Gasteiger partial charge in [0.15, 0.2) is 0 Å². The fraction of sp³-hybridized carbons (Fsp3) is 0.357. The maximum atomic E-state index is 6.29. The van der Waals surface area contributed by atoms with Crippen LogP contribution < -0.4 is 5.73 Å². The number of nitrogens with two attached hydrogens (primary N) is 1. The molecule has 3 rings (SSSR count). The summed E-state index contributed by atoms with van der Waals surface area (Å²) in [4.78, 5) is 8.74. The third-order valence-electron chi connectivity index (χ3n) is 3.29. The van der Waals surface area contributed by atoms with Crippen molar-refractivity contribution in [2.24, 2.45) is 5.73 Å². The molecule has 0 amide bonds. The second-order valence-corrected chi connectivity index (χ2v) is 5.73. The molecule has 20 heavy (non-hydrogen) atoms. The van der Waals surface area contributed by atoms with E-state index in [-0.39, 0.29) is 6.04 Å². The Morgan fingerprint density at radius 1 is 1.40 bits per heavy atom. The summed E-state index contributed by atoms with van der Waals surface area (Å²) >= 11 is 1.69. The average Bonchev–Trinajstić information content (AvgIpc) is 3.07. The first kappa shape index (κ1) is 13.2. The van der Waals surface area contributed by atoms with Crippen LogP contribution in [0.4, 0.5) is 0 Å². The molecule has 1 atom stereocenters. The van der Waals surface area contributed by atoms with E-state index >= 15 is 0 Å². The molecule has 0 bridgehead atoms. The smallest absolute Gasteiger partial charge is 0.138 e. The lowest BCUT2D eigenvalue weighted by Crippen LogP contribution is -2.17. The molecule has 3 aromatic rings. The van der Waals surface area contributed by atoms with Crippen molar-refractivity contribution in [2.45, 2.75) is 32.4 Å². The number of aromatic nitrogens is 4. The Labute approximate surface area is 121 Å². The molecule has 0 saturated carbocycles. The largest absolute Gasteiger partial charge is 0.324 e. The molecule has 3 aromatic heterocycles. The fourth-order valence-corrected chi connectivity index (χ4v) is 3.01. The van der Waals surface area contributed by atoms with Gasteiger partial charge >= 0.3 is 0 Å². The number of pyridine rings is 1. The van der Waals surface area contributed by atoms with Crippen molar-refractivity contribution in [2.75, 3.05) is 0 Å². The standard InChI is InChI=1S/C14H17N5S/c1-2-4-19-14(17-9-18-19)7-11(15)10-6-13-12(16-8-10)3-5-20-13/h3,5-6,8-9,11H,2,4,7,15H2,1H3. The van der Waals surface area contributed by atoms with Crippen LogP contribution in [0.3, 0.4) is 0 Å². The van der Waals surface area contributed by atoms with Crippen LogP contribution in [0.1, 0.15) is 30.8 Å². The van der Waals surface area contributed by atoms with Crippen molar-refractivity contribution in [1.29, 1.82) is 0 Å². The number of aryl methyl sites for hydroxylation is 1. The number of hydrogen-bond acceptors (Lipinski definition) is 5. The molecule has 0 aliphatic rings. The molecule has 104 valence electrons. The van der Waals surface area contributed by atoms with Crippen LogP contribution in [-0.4, -0.2) is 19.7 Å². The van der Waals surface area contributed by atoms with Gasteiger partial charge in [0.2, 0.25) is 0 Å². The molecule has 1 unspecified atom stereocenters. The van der Waals surface area contributed by atoms with Crippen LogP contribution in [0.2, 0.25) is 0 Å². The van der Waals surface area contributed by atoms with Gasteiger partial charge in [-0.2, -0.15) is 5.10 Å². The molecule has 0 fully saturated rings. The Morgan fingerprint density at radius 3 is 3.15 bits per heavy atom. The summed E-state index contributed by atoms with van der Waals surface area (Å²) in [6.45, 7) is 3.00. The van der Waals surface area contributed by atoms with Crippen molar-refractivity contribution in [3.05, 3.63) is 41.4 Å². The number of fused-ring (bicyclic) bond motifs is 1. The Hall–Kier alpha value is -1.79. The summed E-state index contributed by atoms with van der Waals surface area (Å²) in [5.74, 6) is 0.936. The van der Waals surface area contributed by atoms with Gasteiger partial charge in [0.1, 0.15) is 12.2 Å². The van der Waals surface area contributed by atoms with E-state index in [1.807, 2.05) is 22.3 Å². The Bertz CT molecular complexity index is 702. The van der Waals surface area contributed by atoms with E-state index < -0.39 is 0 Å². The SMILES string of the molecule is CCCn1ncnc1CC(N)c1cnc2ccsc2c1. The maximum absolute atomic E-state index is 6.29. The van der Waals surface area contributed by atoms with E-state index in [0.29, 0.717) is 6.42 Å². The molecular weight excluding hydrogens is 270 g/mol. The maximum Gasteiger partial charge on any atom is 0.138 e. The zero-order valence-electron chi connectivity index (χ0n) is 11.4. The van der Waals surface area contributed by atoms with Crippen molar-refractivity contribution in [3.63, 3.8) is 0 Å². The molecule has 5 nitrogen and oxygen atoms in total. The zero-order chi connectivity index (χ0) is 13.9. The van der Waals surface area contributed by atoms with Crippen LogP contribution >= 0.6 is 11.3 Å². The minimum absolute atomic E-state index is 0.103. The first-order valence-electron chi connectivity index (χ1n) is 6.73. The van der Waals surface area contributed by atoms with E-state index in [4.69, 9.17) is 5.73 Å². The number of rotatable bonds is 5. The second kappa shape index (κ2) is 5.68. The van der Waals surface area contributed by atoms with Gasteiger partial charge in [-0.05, 0) is 29.5 Å². The Kier molecular flexibility index (Phi) is 3.75. The molecule has 6 heteroatoms. The molecular formula is C14H17N5S. The molecule has 0 aliphatic carbocycles. The summed E-state index contributed by atoms with van der Waals surface area (Å²) in [7, 11) is 0. The van der Waals surface area contributed by atoms with E-state index in [0.717, 1.165) is 29.9 Å². The van der Waals surface area contributed by atoms with Gasteiger partial charge < -0.3 is 5.73 Å². The van der Waals surface area contributed by atoms with Crippen LogP contribution in [0.25, 0.3) is 10.2 Å². The molecule has 2 N–H and O–H groups in total. The molecule has 0 radical (unpaired) electrons. The molecule has 0 spiro atoms. The minimum Gasteiger partial charge on any atom is -0.324 e. The van der Waals surface area contributed by atoms with E-state index in [2.05, 4.69) is 28.1 Å². The first-order chi connectivity index (χ1) is 9.78. The molecule has 0 aromatic carbocycles. The van der Waals surface area contributed by atoms with Crippen molar-refractivity contribution >= 4 is 21.6 Å². The lowest BCUT2D eigenvalue weighted by atomic mass is 10.1. The fourth-order valence-electron chi connectivity index (χ4n) is 2.22. The average molecular weight is 287 g/mol. The molecule has 0 saturated heterocycles. The normalized spacial score (nSPS) is 12.9. The van der Waals surface area contributed by atoms with Gasteiger partial charge in [0.05, 0.1) is 10.2 Å². The van der Waals surface area contributed by atoms with Gasteiger partial charge in [0.25, 0.3) is 0 Å². The van der Waals surface area contributed by atoms with Gasteiger partial charge in [-0.1, -0.05) is 6.92 Å². The molecule has 3 heterocycles. The molecule has 0 aliphatic heterocycles. The summed E-state index contributed by atoms with van der Waals surface area (Å²) in [6, 6.07) is 4.04. The van der Waals surface area contributed by atoms with Crippen molar-refractivity contribution < 1.29 is 0 Å². The Balaban J connectivity index is 1.81. The number of thiophene rings is 1. The predicted octanol–water partition coefficient (Wildman–Crippen LogP) is 2.54. The summed E-state index contributed by atoms with van der Waals surface area (Å²) in [5.41, 5.74) is 8.37.